The van der Waals surface area contributed by atoms with E-state index in [1.807, 2.05) is 41.8 Å². The number of benzene rings is 2. The number of nitrogens with one attached hydrogen (secondary N) is 1. The zero-order chi connectivity index (χ0) is 24.5. The molecular weight excluding hydrogens is 442 g/mol. The highest BCUT2D eigenvalue weighted by molar-refractivity contribution is 5.82. The molecule has 0 aliphatic rings. The molecule has 2 aromatic carbocycles. The lowest BCUT2D eigenvalue weighted by Gasteiger charge is -2.15. The minimum atomic E-state index is -0.801. The lowest BCUT2D eigenvalue weighted by atomic mass is 9.98. The molecule has 5 rings (SSSR count). The Bertz CT molecular complexity index is 1580. The summed E-state index contributed by atoms with van der Waals surface area (Å²) in [6.45, 7) is 3.53. The number of rotatable bonds is 5. The molecule has 0 aliphatic heterocycles. The Kier molecular flexibility index (Phi) is 5.57. The Morgan fingerprint density at radius 1 is 1.03 bits per heavy atom. The number of phenols is 1. The second-order valence-electron chi connectivity index (χ2n) is 8.13. The van der Waals surface area contributed by atoms with Crippen LogP contribution in [0.5, 0.6) is 5.75 Å². The first-order chi connectivity index (χ1) is 16.9. The first-order valence-electron chi connectivity index (χ1n) is 10.9. The fourth-order valence-corrected chi connectivity index (χ4v) is 3.86. The van der Waals surface area contributed by atoms with E-state index in [4.69, 9.17) is 4.98 Å². The summed E-state index contributed by atoms with van der Waals surface area (Å²) in [5.41, 5.74) is 5.08. The number of nitrogens with zero attached hydrogens (tertiary/aromatic N) is 6. The molecule has 1 atom stereocenters. The molecule has 5 aromatic rings. The molecule has 0 bridgehead atoms. The molecule has 0 radical (unpaired) electrons. The molecule has 0 fully saturated rings. The number of anilines is 2. The van der Waals surface area contributed by atoms with E-state index in [1.165, 1.54) is 12.1 Å². The van der Waals surface area contributed by atoms with Gasteiger partial charge in [-0.1, -0.05) is 6.07 Å². The summed E-state index contributed by atoms with van der Waals surface area (Å²) in [4.78, 5) is 9.32. The van der Waals surface area contributed by atoms with Gasteiger partial charge in [-0.25, -0.2) is 9.97 Å². The Balaban J connectivity index is 1.56. The third-order valence-electron chi connectivity index (χ3n) is 5.60. The van der Waals surface area contributed by atoms with Crippen molar-refractivity contribution in [3.63, 3.8) is 0 Å². The number of imidazole rings is 1. The zero-order valence-corrected chi connectivity index (χ0v) is 19.0. The number of aliphatic hydroxyl groups is 1. The highest BCUT2D eigenvalue weighted by Gasteiger charge is 2.18. The van der Waals surface area contributed by atoms with Crippen LogP contribution in [-0.2, 0) is 0 Å². The quantitative estimate of drug-likeness (QED) is 0.345. The van der Waals surface area contributed by atoms with Crippen molar-refractivity contribution in [2.24, 2.45) is 0 Å². The number of fused-ring (bicyclic) bond motifs is 1. The SMILES string of the molecule is Cc1ccc(Nc2ccc3c(c2)ncn3-c2ccc(C(C)O)c(-c3ccc(O)cc3C#N)n2)nn1. The highest BCUT2D eigenvalue weighted by Crippen LogP contribution is 2.32. The van der Waals surface area contributed by atoms with E-state index in [0.29, 0.717) is 28.5 Å². The summed E-state index contributed by atoms with van der Waals surface area (Å²) in [6.07, 6.45) is 0.876. The molecule has 9 nitrogen and oxygen atoms in total. The molecular formula is C26H21N7O2. The Labute approximate surface area is 201 Å². The standard InChI is InChI=1S/C26H21N7O2/c1-15-3-9-24(32-31-15)29-18-4-8-23-22(12-18)28-14-33(23)25-10-7-20(16(2)34)26(30-25)21-6-5-19(35)11-17(21)13-27/h3-12,14,16,34-35H,1-2H3,(H,29,32). The van der Waals surface area contributed by atoms with Crippen molar-refractivity contribution in [2.75, 3.05) is 5.32 Å². The van der Waals surface area contributed by atoms with E-state index in [9.17, 15) is 15.5 Å². The molecule has 172 valence electrons. The highest BCUT2D eigenvalue weighted by atomic mass is 16.3. The van der Waals surface area contributed by atoms with Gasteiger partial charge in [-0.3, -0.25) is 4.57 Å². The normalized spacial score (nSPS) is 11.8. The Morgan fingerprint density at radius 3 is 2.63 bits per heavy atom. The van der Waals surface area contributed by atoms with Gasteiger partial charge in [0.05, 0.1) is 40.2 Å². The minimum Gasteiger partial charge on any atom is -0.508 e. The number of aromatic hydroxyl groups is 1. The van der Waals surface area contributed by atoms with Crippen LogP contribution >= 0.6 is 0 Å². The zero-order valence-electron chi connectivity index (χ0n) is 19.0. The summed E-state index contributed by atoms with van der Waals surface area (Å²) in [6, 6.07) is 19.7. The number of aromatic nitrogens is 5. The van der Waals surface area contributed by atoms with Gasteiger partial charge in [0.25, 0.3) is 0 Å². The van der Waals surface area contributed by atoms with Crippen molar-refractivity contribution in [2.45, 2.75) is 20.0 Å². The van der Waals surface area contributed by atoms with Crippen LogP contribution in [0.3, 0.4) is 0 Å². The van der Waals surface area contributed by atoms with Gasteiger partial charge in [0.15, 0.2) is 5.82 Å². The van der Waals surface area contributed by atoms with Crippen molar-refractivity contribution >= 4 is 22.5 Å². The van der Waals surface area contributed by atoms with Crippen LogP contribution in [0.2, 0.25) is 0 Å². The van der Waals surface area contributed by atoms with Gasteiger partial charge in [0, 0.05) is 16.8 Å². The van der Waals surface area contributed by atoms with Gasteiger partial charge in [-0.05, 0) is 68.4 Å². The third-order valence-corrected chi connectivity index (χ3v) is 5.60. The van der Waals surface area contributed by atoms with E-state index in [-0.39, 0.29) is 11.3 Å². The fraction of sp³-hybridized carbons (Fsp3) is 0.115. The molecule has 0 amide bonds. The van der Waals surface area contributed by atoms with Crippen molar-refractivity contribution in [1.82, 2.24) is 24.7 Å². The molecule has 0 spiro atoms. The smallest absolute Gasteiger partial charge is 0.153 e. The van der Waals surface area contributed by atoms with Gasteiger partial charge < -0.3 is 15.5 Å². The number of nitriles is 1. The minimum absolute atomic E-state index is 0.0123. The summed E-state index contributed by atoms with van der Waals surface area (Å²) in [5.74, 6) is 1.20. The van der Waals surface area contributed by atoms with Gasteiger partial charge in [0.2, 0.25) is 0 Å². The van der Waals surface area contributed by atoms with Crippen LogP contribution in [0, 0.1) is 18.3 Å². The topological polar surface area (TPSA) is 133 Å². The second kappa shape index (κ2) is 8.85. The number of aliphatic hydroxyl groups excluding tert-OH is 1. The van der Waals surface area contributed by atoms with Crippen molar-refractivity contribution < 1.29 is 10.2 Å². The molecule has 0 saturated heterocycles. The summed E-state index contributed by atoms with van der Waals surface area (Å²) < 4.78 is 1.84. The molecule has 0 saturated carbocycles. The molecule has 9 heteroatoms. The predicted molar refractivity (Wildman–Crippen MR) is 131 cm³/mol. The number of pyridine rings is 1. The first-order valence-corrected chi connectivity index (χ1v) is 10.9. The van der Waals surface area contributed by atoms with E-state index in [2.05, 4.69) is 26.6 Å². The van der Waals surface area contributed by atoms with Crippen LogP contribution in [0.1, 0.15) is 29.8 Å². The lowest BCUT2D eigenvalue weighted by molar-refractivity contribution is 0.199. The number of aryl methyl sites for hydroxylation is 1. The summed E-state index contributed by atoms with van der Waals surface area (Å²) >= 11 is 0. The van der Waals surface area contributed by atoms with E-state index >= 15 is 0 Å². The number of hydrogen-bond donors (Lipinski definition) is 3. The van der Waals surface area contributed by atoms with Crippen molar-refractivity contribution in [1.29, 1.82) is 5.26 Å². The van der Waals surface area contributed by atoms with Gasteiger partial charge in [0.1, 0.15) is 17.9 Å². The largest absolute Gasteiger partial charge is 0.508 e. The summed E-state index contributed by atoms with van der Waals surface area (Å²) in [7, 11) is 0. The Hall–Kier alpha value is -4.81. The van der Waals surface area contributed by atoms with Crippen LogP contribution in [0.4, 0.5) is 11.5 Å². The van der Waals surface area contributed by atoms with Crippen molar-refractivity contribution in [3.8, 4) is 28.9 Å². The van der Waals surface area contributed by atoms with Gasteiger partial charge in [-0.2, -0.15) is 10.4 Å². The Morgan fingerprint density at radius 2 is 1.89 bits per heavy atom. The van der Waals surface area contributed by atoms with Gasteiger partial charge in [-0.15, -0.1) is 5.10 Å². The average Bonchev–Trinajstić information content (AvgIpc) is 3.28. The first kappa shape index (κ1) is 22.0. The van der Waals surface area contributed by atoms with E-state index < -0.39 is 6.10 Å². The average molecular weight is 464 g/mol. The number of phenolic OH excluding ortho intramolecular Hbond substituents is 1. The van der Waals surface area contributed by atoms with E-state index in [1.54, 1.807) is 31.5 Å². The molecule has 3 heterocycles. The maximum absolute atomic E-state index is 10.3. The molecule has 3 N–H and O–H groups in total. The van der Waals surface area contributed by atoms with E-state index in [0.717, 1.165) is 22.4 Å². The molecule has 3 aromatic heterocycles. The van der Waals surface area contributed by atoms with Gasteiger partial charge >= 0.3 is 0 Å². The monoisotopic (exact) mass is 463 g/mol. The maximum Gasteiger partial charge on any atom is 0.153 e. The van der Waals surface area contributed by atoms with Crippen LogP contribution in [0.15, 0.2) is 67.0 Å². The maximum atomic E-state index is 10.3. The van der Waals surface area contributed by atoms with Crippen molar-refractivity contribution in [3.05, 3.63) is 83.8 Å². The summed E-state index contributed by atoms with van der Waals surface area (Å²) in [5, 5.41) is 41.1. The molecule has 35 heavy (non-hydrogen) atoms. The predicted octanol–water partition coefficient (Wildman–Crippen LogP) is 4.56. The van der Waals surface area contributed by atoms with Crippen LogP contribution in [0.25, 0.3) is 28.1 Å². The molecule has 1 unspecified atom stereocenters. The third kappa shape index (κ3) is 4.26. The fourth-order valence-electron chi connectivity index (χ4n) is 3.86. The number of hydrogen-bond acceptors (Lipinski definition) is 8. The van der Waals surface area contributed by atoms with Crippen LogP contribution in [-0.4, -0.2) is 34.9 Å². The second-order valence-corrected chi connectivity index (χ2v) is 8.13. The van der Waals surface area contributed by atoms with Crippen LogP contribution < -0.4 is 5.32 Å². The lowest BCUT2D eigenvalue weighted by Crippen LogP contribution is -2.04. The molecule has 0 aliphatic carbocycles.